The second-order valence-electron chi connectivity index (χ2n) is 9.18. The quantitative estimate of drug-likeness (QED) is 0.488. The van der Waals surface area contributed by atoms with Crippen LogP contribution in [0.1, 0.15) is 45.1 Å². The van der Waals surface area contributed by atoms with Crippen LogP contribution >= 0.6 is 0 Å². The lowest BCUT2D eigenvalue weighted by Gasteiger charge is -2.39. The van der Waals surface area contributed by atoms with Crippen molar-refractivity contribution in [2.75, 3.05) is 0 Å². The largest absolute Gasteiger partial charge is 0.492 e. The molecule has 0 unspecified atom stereocenters. The standard InChI is InChI=1S/C24H26F3N3O2/c1-23(2)11-9-19(10-12-23)30(32-22(31)24(25,26)27)14-16-3-5-17(6-4-16)18-7-8-20-21(13-18)29-15-28-20/h3-8,13,15,19H,9-12,14H2,1-2H3,(H,28,29). The molecule has 1 aliphatic carbocycles. The van der Waals surface area contributed by atoms with E-state index in [-0.39, 0.29) is 18.0 Å². The van der Waals surface area contributed by atoms with Crippen molar-refractivity contribution in [2.45, 2.75) is 58.3 Å². The van der Waals surface area contributed by atoms with Crippen molar-refractivity contribution in [1.29, 1.82) is 0 Å². The van der Waals surface area contributed by atoms with Gasteiger partial charge in [-0.1, -0.05) is 44.2 Å². The van der Waals surface area contributed by atoms with Gasteiger partial charge in [0.05, 0.1) is 23.9 Å². The summed E-state index contributed by atoms with van der Waals surface area (Å²) in [6.07, 6.45) is -0.289. The first-order valence-corrected chi connectivity index (χ1v) is 10.7. The van der Waals surface area contributed by atoms with Gasteiger partial charge in [-0.25, -0.2) is 9.78 Å². The molecule has 1 fully saturated rings. The summed E-state index contributed by atoms with van der Waals surface area (Å²) in [6, 6.07) is 13.2. The van der Waals surface area contributed by atoms with Crippen molar-refractivity contribution >= 4 is 17.0 Å². The van der Waals surface area contributed by atoms with E-state index in [1.807, 2.05) is 42.5 Å². The van der Waals surface area contributed by atoms with E-state index in [4.69, 9.17) is 4.84 Å². The number of aromatic amines is 1. The third kappa shape index (κ3) is 5.12. The lowest BCUT2D eigenvalue weighted by Crippen LogP contribution is -2.43. The average Bonchev–Trinajstić information content (AvgIpc) is 3.21. The fourth-order valence-corrected chi connectivity index (χ4v) is 4.16. The molecule has 8 heteroatoms. The van der Waals surface area contributed by atoms with Crippen molar-refractivity contribution < 1.29 is 22.8 Å². The number of hydroxylamine groups is 2. The maximum absolute atomic E-state index is 12.9. The van der Waals surface area contributed by atoms with Crippen molar-refractivity contribution in [3.8, 4) is 11.1 Å². The third-order valence-electron chi connectivity index (χ3n) is 6.19. The second kappa shape index (κ2) is 8.58. The number of rotatable bonds is 5. The topological polar surface area (TPSA) is 58.2 Å². The smallest absolute Gasteiger partial charge is 0.360 e. The Balaban J connectivity index is 1.51. The summed E-state index contributed by atoms with van der Waals surface area (Å²) in [7, 11) is 0. The summed E-state index contributed by atoms with van der Waals surface area (Å²) >= 11 is 0. The molecule has 0 radical (unpaired) electrons. The number of aromatic nitrogens is 2. The van der Waals surface area contributed by atoms with Gasteiger partial charge in [-0.3, -0.25) is 0 Å². The minimum absolute atomic E-state index is 0.104. The number of imidazole rings is 1. The van der Waals surface area contributed by atoms with E-state index in [1.165, 1.54) is 5.06 Å². The van der Waals surface area contributed by atoms with E-state index < -0.39 is 12.1 Å². The van der Waals surface area contributed by atoms with Crippen LogP contribution in [0.15, 0.2) is 48.8 Å². The normalized spacial score (nSPS) is 17.1. The fraction of sp³-hybridized carbons (Fsp3) is 0.417. The number of benzene rings is 2. The summed E-state index contributed by atoms with van der Waals surface area (Å²) in [4.78, 5) is 23.7. The molecule has 3 aromatic rings. The molecule has 1 aromatic heterocycles. The number of H-pyrrole nitrogens is 1. The predicted octanol–water partition coefficient (Wildman–Crippen LogP) is 6.02. The van der Waals surface area contributed by atoms with Crippen LogP contribution in [0.25, 0.3) is 22.2 Å². The maximum Gasteiger partial charge on any atom is 0.492 e. The zero-order chi connectivity index (χ0) is 22.9. The van der Waals surface area contributed by atoms with Gasteiger partial charge in [0.1, 0.15) is 0 Å². The molecule has 1 saturated carbocycles. The molecule has 0 aliphatic heterocycles. The molecular formula is C24H26F3N3O2. The molecule has 1 heterocycles. The van der Waals surface area contributed by atoms with Gasteiger partial charge in [-0.2, -0.15) is 13.2 Å². The highest BCUT2D eigenvalue weighted by Gasteiger charge is 2.44. The Bertz CT molecular complexity index is 1080. The van der Waals surface area contributed by atoms with E-state index in [0.29, 0.717) is 12.8 Å². The number of carbonyl (C=O) groups excluding carboxylic acids is 1. The number of halogens is 3. The zero-order valence-corrected chi connectivity index (χ0v) is 18.1. The van der Waals surface area contributed by atoms with Crippen LogP contribution in [0, 0.1) is 5.41 Å². The molecule has 2 aromatic carbocycles. The lowest BCUT2D eigenvalue weighted by molar-refractivity contribution is -0.252. The first kappa shape index (κ1) is 22.3. The minimum atomic E-state index is -5.03. The molecule has 0 atom stereocenters. The summed E-state index contributed by atoms with van der Waals surface area (Å²) in [6.45, 7) is 4.40. The summed E-state index contributed by atoms with van der Waals surface area (Å²) in [5.74, 6) is -2.17. The molecule has 170 valence electrons. The maximum atomic E-state index is 12.9. The highest BCUT2D eigenvalue weighted by Crippen LogP contribution is 2.38. The monoisotopic (exact) mass is 445 g/mol. The molecule has 1 N–H and O–H groups in total. The van der Waals surface area contributed by atoms with Crippen molar-refractivity contribution in [2.24, 2.45) is 5.41 Å². The van der Waals surface area contributed by atoms with Crippen LogP contribution in [0.4, 0.5) is 13.2 Å². The molecular weight excluding hydrogens is 419 g/mol. The molecule has 32 heavy (non-hydrogen) atoms. The van der Waals surface area contributed by atoms with Crippen molar-refractivity contribution in [1.82, 2.24) is 15.0 Å². The lowest BCUT2D eigenvalue weighted by atomic mass is 9.75. The van der Waals surface area contributed by atoms with Crippen molar-refractivity contribution in [3.63, 3.8) is 0 Å². The Hall–Kier alpha value is -2.87. The van der Waals surface area contributed by atoms with Crippen LogP contribution in [0.5, 0.6) is 0 Å². The highest BCUT2D eigenvalue weighted by atomic mass is 19.4. The number of nitrogens with one attached hydrogen (secondary N) is 1. The molecule has 0 amide bonds. The van der Waals surface area contributed by atoms with Gasteiger partial charge in [0.25, 0.3) is 0 Å². The number of nitrogens with zero attached hydrogens (tertiary/aromatic N) is 2. The number of hydrogen-bond acceptors (Lipinski definition) is 4. The second-order valence-corrected chi connectivity index (χ2v) is 9.18. The van der Waals surface area contributed by atoms with Gasteiger partial charge >= 0.3 is 12.1 Å². The van der Waals surface area contributed by atoms with Crippen LogP contribution in [-0.4, -0.2) is 33.2 Å². The Morgan fingerprint density at radius 2 is 1.78 bits per heavy atom. The summed E-state index contributed by atoms with van der Waals surface area (Å²) < 4.78 is 38.6. The third-order valence-corrected chi connectivity index (χ3v) is 6.19. The Morgan fingerprint density at radius 1 is 1.12 bits per heavy atom. The Labute approximate surface area is 184 Å². The molecule has 1 aliphatic rings. The van der Waals surface area contributed by atoms with E-state index in [9.17, 15) is 18.0 Å². The van der Waals surface area contributed by atoms with E-state index >= 15 is 0 Å². The van der Waals surface area contributed by atoms with Crippen LogP contribution in [0.3, 0.4) is 0 Å². The predicted molar refractivity (Wildman–Crippen MR) is 115 cm³/mol. The highest BCUT2D eigenvalue weighted by molar-refractivity contribution is 5.81. The molecule has 0 saturated heterocycles. The first-order chi connectivity index (χ1) is 15.1. The van der Waals surface area contributed by atoms with E-state index in [2.05, 4.69) is 23.8 Å². The molecule has 0 bridgehead atoms. The first-order valence-electron chi connectivity index (χ1n) is 10.7. The molecule has 4 rings (SSSR count). The van der Waals surface area contributed by atoms with Gasteiger partial charge in [-0.15, -0.1) is 5.06 Å². The minimum Gasteiger partial charge on any atom is -0.360 e. The fourth-order valence-electron chi connectivity index (χ4n) is 4.16. The van der Waals surface area contributed by atoms with Crippen LogP contribution in [0.2, 0.25) is 0 Å². The Kier molecular flexibility index (Phi) is 5.99. The van der Waals surface area contributed by atoms with Gasteiger partial charge in [0.2, 0.25) is 0 Å². The van der Waals surface area contributed by atoms with Gasteiger partial charge in [-0.05, 0) is 59.9 Å². The zero-order valence-electron chi connectivity index (χ0n) is 18.1. The number of fused-ring (bicyclic) bond motifs is 1. The number of carbonyl (C=O) groups is 1. The Morgan fingerprint density at radius 3 is 2.44 bits per heavy atom. The summed E-state index contributed by atoms with van der Waals surface area (Å²) in [5, 5.41) is 1.22. The molecule has 0 spiro atoms. The van der Waals surface area contributed by atoms with Gasteiger partial charge < -0.3 is 9.82 Å². The van der Waals surface area contributed by atoms with E-state index in [1.54, 1.807) is 6.33 Å². The van der Waals surface area contributed by atoms with Crippen LogP contribution < -0.4 is 0 Å². The summed E-state index contributed by atoms with van der Waals surface area (Å²) in [5.41, 5.74) is 4.70. The molecule has 5 nitrogen and oxygen atoms in total. The SMILES string of the molecule is CC1(C)CCC(N(Cc2ccc(-c3ccc4nc[nH]c4c3)cc2)OC(=O)C(F)(F)F)CC1. The average molecular weight is 445 g/mol. The number of alkyl halides is 3. The van der Waals surface area contributed by atoms with Gasteiger partial charge in [0.15, 0.2) is 0 Å². The van der Waals surface area contributed by atoms with E-state index in [0.717, 1.165) is 40.6 Å². The van der Waals surface area contributed by atoms with Crippen molar-refractivity contribution in [3.05, 3.63) is 54.4 Å². The number of hydrogen-bond donors (Lipinski definition) is 1. The van der Waals surface area contributed by atoms with Crippen LogP contribution in [-0.2, 0) is 16.2 Å². The van der Waals surface area contributed by atoms with Gasteiger partial charge in [0, 0.05) is 6.04 Å².